The van der Waals surface area contributed by atoms with Crippen molar-refractivity contribution in [1.82, 2.24) is 5.32 Å². The topological polar surface area (TPSA) is 64.9 Å². The number of halogens is 2. The maximum Gasteiger partial charge on any atom is 0.267 e. The Morgan fingerprint density at radius 1 is 1.20 bits per heavy atom. The summed E-state index contributed by atoms with van der Waals surface area (Å²) in [7, 11) is 0. The van der Waals surface area contributed by atoms with E-state index < -0.39 is 5.91 Å². The Bertz CT molecular complexity index is 824. The second-order valence-corrected chi connectivity index (χ2v) is 6.26. The second-order valence-electron chi connectivity index (χ2n) is 5.42. The van der Waals surface area contributed by atoms with Gasteiger partial charge in [-0.05, 0) is 48.7 Å². The van der Waals surface area contributed by atoms with Crippen LogP contribution in [0.1, 0.15) is 11.1 Å². The van der Waals surface area contributed by atoms with Gasteiger partial charge in [0, 0.05) is 28.5 Å². The van der Waals surface area contributed by atoms with Crippen LogP contribution >= 0.6 is 23.2 Å². The zero-order chi connectivity index (χ0) is 18.2. The summed E-state index contributed by atoms with van der Waals surface area (Å²) < 4.78 is 0. The molecule has 0 aliphatic carbocycles. The van der Waals surface area contributed by atoms with Gasteiger partial charge in [-0.25, -0.2) is 0 Å². The molecule has 2 aromatic rings. The van der Waals surface area contributed by atoms with Gasteiger partial charge in [0.25, 0.3) is 5.91 Å². The van der Waals surface area contributed by atoms with E-state index in [0.717, 1.165) is 17.5 Å². The molecule has 0 fully saturated rings. The molecule has 4 nitrogen and oxygen atoms in total. The molecule has 0 aromatic heterocycles. The third-order valence-corrected chi connectivity index (χ3v) is 4.17. The van der Waals surface area contributed by atoms with Crippen molar-refractivity contribution < 1.29 is 4.79 Å². The molecule has 0 aliphatic heterocycles. The fraction of sp³-hybridized carbons (Fsp3) is 0.158. The average molecular weight is 374 g/mol. The van der Waals surface area contributed by atoms with Crippen molar-refractivity contribution in [2.75, 3.05) is 11.9 Å². The highest BCUT2D eigenvalue weighted by atomic mass is 35.5. The van der Waals surface area contributed by atoms with Crippen molar-refractivity contribution in [2.45, 2.75) is 13.3 Å². The number of amides is 1. The lowest BCUT2D eigenvalue weighted by atomic mass is 10.1. The Kier molecular flexibility index (Phi) is 6.88. The minimum absolute atomic E-state index is 0.00666. The lowest BCUT2D eigenvalue weighted by Crippen LogP contribution is -2.18. The molecule has 2 aromatic carbocycles. The number of hydrogen-bond donors (Lipinski definition) is 2. The van der Waals surface area contributed by atoms with E-state index >= 15 is 0 Å². The van der Waals surface area contributed by atoms with Crippen LogP contribution in [-0.2, 0) is 11.2 Å². The standard InChI is InChI=1S/C19H17Cl2N3O/c1-13-2-7-17(10-18(13)21)24-19(25)15(11-22)12-23-9-8-14-3-5-16(20)6-4-14/h2-7,10,12,23H,8-9H2,1H3,(H,24,25)/b15-12-. The van der Waals surface area contributed by atoms with E-state index in [-0.39, 0.29) is 5.57 Å². The smallest absolute Gasteiger partial charge is 0.267 e. The SMILES string of the molecule is Cc1ccc(NC(=O)/C(C#N)=C\NCCc2ccc(Cl)cc2)cc1Cl. The summed E-state index contributed by atoms with van der Waals surface area (Å²) >= 11 is 11.9. The Morgan fingerprint density at radius 2 is 1.92 bits per heavy atom. The van der Waals surface area contributed by atoms with Gasteiger partial charge >= 0.3 is 0 Å². The first-order valence-electron chi connectivity index (χ1n) is 7.65. The summed E-state index contributed by atoms with van der Waals surface area (Å²) in [6, 6.07) is 14.6. The van der Waals surface area contributed by atoms with Gasteiger partial charge in [0.1, 0.15) is 11.6 Å². The Morgan fingerprint density at radius 3 is 2.56 bits per heavy atom. The van der Waals surface area contributed by atoms with E-state index in [1.807, 2.05) is 37.3 Å². The number of hydrogen-bond acceptors (Lipinski definition) is 3. The molecular weight excluding hydrogens is 357 g/mol. The van der Waals surface area contributed by atoms with E-state index in [0.29, 0.717) is 22.3 Å². The molecule has 0 saturated carbocycles. The molecule has 0 unspecified atom stereocenters. The summed E-state index contributed by atoms with van der Waals surface area (Å²) in [5, 5.41) is 16.0. The highest BCUT2D eigenvalue weighted by Gasteiger charge is 2.09. The van der Waals surface area contributed by atoms with Crippen molar-refractivity contribution in [1.29, 1.82) is 5.26 Å². The van der Waals surface area contributed by atoms with Crippen molar-refractivity contribution >= 4 is 34.8 Å². The zero-order valence-electron chi connectivity index (χ0n) is 13.6. The van der Waals surface area contributed by atoms with Crippen LogP contribution in [0.25, 0.3) is 0 Å². The summed E-state index contributed by atoms with van der Waals surface area (Å²) in [4.78, 5) is 12.1. The van der Waals surface area contributed by atoms with Gasteiger partial charge in [-0.1, -0.05) is 41.4 Å². The lowest BCUT2D eigenvalue weighted by molar-refractivity contribution is -0.112. The maximum atomic E-state index is 12.1. The molecule has 0 bridgehead atoms. The minimum atomic E-state index is -0.485. The van der Waals surface area contributed by atoms with Crippen LogP contribution in [-0.4, -0.2) is 12.5 Å². The van der Waals surface area contributed by atoms with Gasteiger partial charge in [-0.15, -0.1) is 0 Å². The molecular formula is C19H17Cl2N3O. The van der Waals surface area contributed by atoms with E-state index in [1.54, 1.807) is 18.2 Å². The number of rotatable bonds is 6. The quantitative estimate of drug-likeness (QED) is 0.445. The summed E-state index contributed by atoms with van der Waals surface area (Å²) in [5.41, 5.74) is 2.57. The predicted molar refractivity (Wildman–Crippen MR) is 102 cm³/mol. The predicted octanol–water partition coefficient (Wildman–Crippen LogP) is 4.48. The molecule has 2 N–H and O–H groups in total. The fourth-order valence-electron chi connectivity index (χ4n) is 2.06. The summed E-state index contributed by atoms with van der Waals surface area (Å²) in [6.45, 7) is 2.47. The number of carbonyl (C=O) groups is 1. The van der Waals surface area contributed by atoms with Crippen LogP contribution in [0.15, 0.2) is 54.2 Å². The van der Waals surface area contributed by atoms with Crippen molar-refractivity contribution in [3.8, 4) is 6.07 Å². The third-order valence-electron chi connectivity index (χ3n) is 3.51. The first-order chi connectivity index (χ1) is 12.0. The largest absolute Gasteiger partial charge is 0.389 e. The Balaban J connectivity index is 1.90. The first kappa shape index (κ1) is 18.9. The number of nitrogens with zero attached hydrogens (tertiary/aromatic N) is 1. The summed E-state index contributed by atoms with van der Waals surface area (Å²) in [5.74, 6) is -0.485. The molecule has 128 valence electrons. The number of benzene rings is 2. The zero-order valence-corrected chi connectivity index (χ0v) is 15.2. The van der Waals surface area contributed by atoms with Crippen LogP contribution in [0, 0.1) is 18.3 Å². The first-order valence-corrected chi connectivity index (χ1v) is 8.41. The molecule has 0 saturated heterocycles. The summed E-state index contributed by atoms with van der Waals surface area (Å²) in [6.07, 6.45) is 2.17. The van der Waals surface area contributed by atoms with Crippen molar-refractivity contribution in [2.24, 2.45) is 0 Å². The highest BCUT2D eigenvalue weighted by molar-refractivity contribution is 6.31. The van der Waals surface area contributed by atoms with E-state index in [2.05, 4.69) is 10.6 Å². The maximum absolute atomic E-state index is 12.1. The van der Waals surface area contributed by atoms with Crippen LogP contribution in [0.2, 0.25) is 10.0 Å². The van der Waals surface area contributed by atoms with Crippen LogP contribution < -0.4 is 10.6 Å². The lowest BCUT2D eigenvalue weighted by Gasteiger charge is -2.07. The van der Waals surface area contributed by atoms with Crippen LogP contribution in [0.4, 0.5) is 5.69 Å². The molecule has 0 atom stereocenters. The number of anilines is 1. The molecule has 0 spiro atoms. The van der Waals surface area contributed by atoms with Gasteiger partial charge in [0.05, 0.1) is 0 Å². The van der Waals surface area contributed by atoms with Crippen molar-refractivity contribution in [3.05, 3.63) is 75.4 Å². The molecule has 2 rings (SSSR count). The van der Waals surface area contributed by atoms with Gasteiger partial charge in [-0.2, -0.15) is 5.26 Å². The van der Waals surface area contributed by atoms with Crippen LogP contribution in [0.5, 0.6) is 0 Å². The third kappa shape index (κ3) is 5.82. The van der Waals surface area contributed by atoms with Crippen molar-refractivity contribution in [3.63, 3.8) is 0 Å². The molecule has 0 heterocycles. The van der Waals surface area contributed by atoms with Gasteiger partial charge in [0.2, 0.25) is 0 Å². The van der Waals surface area contributed by atoms with Gasteiger partial charge in [0.15, 0.2) is 0 Å². The molecule has 0 radical (unpaired) electrons. The van der Waals surface area contributed by atoms with E-state index in [4.69, 9.17) is 28.5 Å². The second kappa shape index (κ2) is 9.12. The van der Waals surface area contributed by atoms with Crippen LogP contribution in [0.3, 0.4) is 0 Å². The number of nitriles is 1. The number of nitrogens with one attached hydrogen (secondary N) is 2. The van der Waals surface area contributed by atoms with E-state index in [9.17, 15) is 4.79 Å². The fourth-order valence-corrected chi connectivity index (χ4v) is 2.37. The molecule has 25 heavy (non-hydrogen) atoms. The number of carbonyl (C=O) groups excluding carboxylic acids is 1. The number of aryl methyl sites for hydroxylation is 1. The monoisotopic (exact) mass is 373 g/mol. The van der Waals surface area contributed by atoms with E-state index in [1.165, 1.54) is 6.20 Å². The van der Waals surface area contributed by atoms with Gasteiger partial charge in [-0.3, -0.25) is 4.79 Å². The Labute approximate surface area is 157 Å². The highest BCUT2D eigenvalue weighted by Crippen LogP contribution is 2.20. The Hall–Kier alpha value is -2.48. The molecule has 6 heteroatoms. The normalized spacial score (nSPS) is 10.9. The molecule has 0 aliphatic rings. The van der Waals surface area contributed by atoms with Gasteiger partial charge < -0.3 is 10.6 Å². The minimum Gasteiger partial charge on any atom is -0.389 e. The molecule has 1 amide bonds. The average Bonchev–Trinajstić information content (AvgIpc) is 2.59.